The van der Waals surface area contributed by atoms with Crippen molar-refractivity contribution in [2.75, 3.05) is 0 Å². The largest absolute Gasteiger partial charge is 0.138 e. The van der Waals surface area contributed by atoms with Crippen molar-refractivity contribution in [3.63, 3.8) is 0 Å². The van der Waals surface area contributed by atoms with Gasteiger partial charge in [-0.25, -0.2) is 0 Å². The molecule has 0 spiro atoms. The van der Waals surface area contributed by atoms with Gasteiger partial charge >= 0.3 is 0 Å². The van der Waals surface area contributed by atoms with Gasteiger partial charge in [-0.15, -0.1) is 16.7 Å². The van der Waals surface area contributed by atoms with E-state index in [1.807, 2.05) is 18.2 Å². The predicted molar refractivity (Wildman–Crippen MR) is 59.6 cm³/mol. The fourth-order valence-corrected chi connectivity index (χ4v) is 2.12. The first-order valence-electron chi connectivity index (χ1n) is 4.26. The highest BCUT2D eigenvalue weighted by molar-refractivity contribution is 7.06. The van der Waals surface area contributed by atoms with Crippen LogP contribution < -0.4 is 0 Å². The summed E-state index contributed by atoms with van der Waals surface area (Å²) in [5, 5.41) is 4.10. The molecule has 0 fully saturated rings. The Balaban J connectivity index is 2.54. The topological polar surface area (TPSA) is 25.8 Å². The second kappa shape index (κ2) is 4.07. The number of hydrogen-bond donors (Lipinski definition) is 0. The van der Waals surface area contributed by atoms with Gasteiger partial charge in [0, 0.05) is 5.56 Å². The molecule has 1 heterocycles. The van der Waals surface area contributed by atoms with Crippen molar-refractivity contribution in [1.29, 1.82) is 0 Å². The second-order valence-corrected chi connectivity index (χ2v) is 4.10. The maximum atomic E-state index is 5.81. The van der Waals surface area contributed by atoms with Gasteiger partial charge in [0.05, 0.1) is 10.8 Å². The van der Waals surface area contributed by atoms with Crippen molar-refractivity contribution in [3.8, 4) is 11.3 Å². The monoisotopic (exact) mass is 224 g/mol. The minimum Gasteiger partial charge on any atom is -0.138 e. The molecule has 0 aliphatic rings. The normalized spacial score (nSPS) is 10.4. The van der Waals surface area contributed by atoms with Gasteiger partial charge in [-0.05, 0) is 24.0 Å². The van der Waals surface area contributed by atoms with E-state index >= 15 is 0 Å². The summed E-state index contributed by atoms with van der Waals surface area (Å²) in [6, 6.07) is 8.12. The quantitative estimate of drug-likeness (QED) is 0.732. The van der Waals surface area contributed by atoms with E-state index in [0.717, 1.165) is 16.1 Å². The van der Waals surface area contributed by atoms with Crippen LogP contribution in [-0.2, 0) is 5.88 Å². The molecular weight excluding hydrogens is 216 g/mol. The van der Waals surface area contributed by atoms with Gasteiger partial charge in [0.2, 0.25) is 0 Å². The molecule has 0 saturated heterocycles. The molecule has 2 rings (SSSR count). The summed E-state index contributed by atoms with van der Waals surface area (Å²) in [6.45, 7) is 2.06. The Kier molecular flexibility index (Phi) is 2.79. The Morgan fingerprint density at radius 3 is 2.86 bits per heavy atom. The van der Waals surface area contributed by atoms with Crippen LogP contribution in [0.4, 0.5) is 0 Å². The lowest BCUT2D eigenvalue weighted by molar-refractivity contribution is 1.15. The van der Waals surface area contributed by atoms with E-state index in [0.29, 0.717) is 5.88 Å². The van der Waals surface area contributed by atoms with Gasteiger partial charge in [0.1, 0.15) is 5.69 Å². The average molecular weight is 225 g/mol. The molecule has 0 bridgehead atoms. The van der Waals surface area contributed by atoms with Gasteiger partial charge in [0.15, 0.2) is 0 Å². The summed E-state index contributed by atoms with van der Waals surface area (Å²) in [5.74, 6) is 0.474. The maximum absolute atomic E-state index is 5.81. The van der Waals surface area contributed by atoms with Crippen molar-refractivity contribution in [3.05, 3.63) is 34.7 Å². The highest BCUT2D eigenvalue weighted by atomic mass is 35.5. The fraction of sp³-hybridized carbons (Fsp3) is 0.200. The van der Waals surface area contributed by atoms with Crippen LogP contribution in [0.2, 0.25) is 0 Å². The molecule has 1 aromatic carbocycles. The van der Waals surface area contributed by atoms with Crippen LogP contribution in [0.5, 0.6) is 0 Å². The highest BCUT2D eigenvalue weighted by Crippen LogP contribution is 2.27. The number of aromatic nitrogens is 2. The molecular formula is C10H9ClN2S. The van der Waals surface area contributed by atoms with Gasteiger partial charge in [-0.3, -0.25) is 0 Å². The van der Waals surface area contributed by atoms with Crippen molar-refractivity contribution in [2.45, 2.75) is 12.8 Å². The van der Waals surface area contributed by atoms with Crippen LogP contribution in [0.1, 0.15) is 10.4 Å². The number of hydrogen-bond acceptors (Lipinski definition) is 3. The third-order valence-corrected chi connectivity index (χ3v) is 3.22. The smallest absolute Gasteiger partial charge is 0.110 e. The minimum atomic E-state index is 0.474. The summed E-state index contributed by atoms with van der Waals surface area (Å²) in [4.78, 5) is 1.03. The van der Waals surface area contributed by atoms with Crippen LogP contribution in [-0.4, -0.2) is 9.59 Å². The molecule has 72 valence electrons. The van der Waals surface area contributed by atoms with Crippen molar-refractivity contribution >= 4 is 23.1 Å². The number of alkyl halides is 1. The zero-order valence-corrected chi connectivity index (χ0v) is 9.27. The molecule has 2 aromatic rings. The first-order chi connectivity index (χ1) is 6.83. The fourth-order valence-electron chi connectivity index (χ4n) is 1.34. The molecule has 0 aliphatic heterocycles. The predicted octanol–water partition coefficient (Wildman–Crippen LogP) is 3.25. The summed E-state index contributed by atoms with van der Waals surface area (Å²) in [5.41, 5.74) is 3.24. The van der Waals surface area contributed by atoms with E-state index in [1.54, 1.807) is 0 Å². The summed E-state index contributed by atoms with van der Waals surface area (Å²) in [7, 11) is 0. The van der Waals surface area contributed by atoms with Crippen molar-refractivity contribution in [1.82, 2.24) is 9.59 Å². The van der Waals surface area contributed by atoms with Gasteiger partial charge in [-0.2, -0.15) is 0 Å². The molecule has 0 radical (unpaired) electrons. The molecule has 4 heteroatoms. The van der Waals surface area contributed by atoms with Crippen molar-refractivity contribution < 1.29 is 0 Å². The first-order valence-corrected chi connectivity index (χ1v) is 5.57. The lowest BCUT2D eigenvalue weighted by Gasteiger charge is -2.02. The molecule has 14 heavy (non-hydrogen) atoms. The summed E-state index contributed by atoms with van der Waals surface area (Å²) in [6.07, 6.45) is 0. The van der Waals surface area contributed by atoms with E-state index in [-0.39, 0.29) is 0 Å². The standard InChI is InChI=1S/C10H9ClN2S/c1-7-4-2-3-5-8(7)10-9(6-11)14-13-12-10/h2-5H,6H2,1H3. The van der Waals surface area contributed by atoms with E-state index in [4.69, 9.17) is 11.6 Å². The molecule has 0 atom stereocenters. The Morgan fingerprint density at radius 1 is 1.36 bits per heavy atom. The molecule has 0 aliphatic carbocycles. The second-order valence-electron chi connectivity index (χ2n) is 2.99. The van der Waals surface area contributed by atoms with Gasteiger partial charge < -0.3 is 0 Å². The van der Waals surface area contributed by atoms with Crippen LogP contribution >= 0.6 is 23.1 Å². The van der Waals surface area contributed by atoms with Crippen LogP contribution in [0.25, 0.3) is 11.3 Å². The maximum Gasteiger partial charge on any atom is 0.110 e. The SMILES string of the molecule is Cc1ccccc1-c1nnsc1CCl. The Bertz CT molecular complexity index is 439. The highest BCUT2D eigenvalue weighted by Gasteiger charge is 2.10. The van der Waals surface area contributed by atoms with E-state index in [1.165, 1.54) is 17.1 Å². The summed E-state index contributed by atoms with van der Waals surface area (Å²) >= 11 is 7.17. The van der Waals surface area contributed by atoms with Crippen LogP contribution in [0.3, 0.4) is 0 Å². The molecule has 0 amide bonds. The lowest BCUT2D eigenvalue weighted by atomic mass is 10.1. The first kappa shape index (κ1) is 9.62. The molecule has 1 aromatic heterocycles. The zero-order valence-electron chi connectivity index (χ0n) is 7.70. The van der Waals surface area contributed by atoms with Crippen LogP contribution in [0, 0.1) is 6.92 Å². The number of halogens is 1. The molecule has 0 saturated carbocycles. The lowest BCUT2D eigenvalue weighted by Crippen LogP contribution is -1.86. The number of benzene rings is 1. The van der Waals surface area contributed by atoms with E-state index in [9.17, 15) is 0 Å². The third kappa shape index (κ3) is 1.65. The van der Waals surface area contributed by atoms with Gasteiger partial charge in [0.25, 0.3) is 0 Å². The van der Waals surface area contributed by atoms with Gasteiger partial charge in [-0.1, -0.05) is 28.8 Å². The third-order valence-electron chi connectivity index (χ3n) is 2.08. The zero-order chi connectivity index (χ0) is 9.97. The van der Waals surface area contributed by atoms with E-state index in [2.05, 4.69) is 22.6 Å². The number of nitrogens with zero attached hydrogens (tertiary/aromatic N) is 2. The summed E-state index contributed by atoms with van der Waals surface area (Å²) < 4.78 is 3.92. The Labute approximate surface area is 91.7 Å². The minimum absolute atomic E-state index is 0.474. The Hall–Kier alpha value is -0.930. The number of rotatable bonds is 2. The van der Waals surface area contributed by atoms with Crippen LogP contribution in [0.15, 0.2) is 24.3 Å². The van der Waals surface area contributed by atoms with E-state index < -0.39 is 0 Å². The molecule has 0 N–H and O–H groups in total. The number of aryl methyl sites for hydroxylation is 1. The molecule has 0 unspecified atom stereocenters. The Morgan fingerprint density at radius 2 is 2.14 bits per heavy atom. The average Bonchev–Trinajstić information content (AvgIpc) is 2.66. The molecule has 2 nitrogen and oxygen atoms in total. The van der Waals surface area contributed by atoms with Crippen molar-refractivity contribution in [2.24, 2.45) is 0 Å².